The molecule has 0 aliphatic heterocycles. The number of methoxy groups -OCH3 is 1. The topological polar surface area (TPSA) is 21.3 Å². The zero-order valence-electron chi connectivity index (χ0n) is 10.4. The van der Waals surface area contributed by atoms with Crippen molar-refractivity contribution in [2.45, 2.75) is 26.2 Å². The van der Waals surface area contributed by atoms with E-state index in [4.69, 9.17) is 16.3 Å². The minimum atomic E-state index is 0.444. The van der Waals surface area contributed by atoms with E-state index in [-0.39, 0.29) is 0 Å². The lowest BCUT2D eigenvalue weighted by Gasteiger charge is -2.17. The Hall–Kier alpha value is -0.730. The zero-order valence-corrected chi connectivity index (χ0v) is 11.2. The van der Waals surface area contributed by atoms with Gasteiger partial charge in [-0.05, 0) is 49.2 Å². The summed E-state index contributed by atoms with van der Waals surface area (Å²) >= 11 is 6.08. The Bertz CT molecular complexity index is 350. The summed E-state index contributed by atoms with van der Waals surface area (Å²) in [4.78, 5) is 0. The summed E-state index contributed by atoms with van der Waals surface area (Å²) in [5.74, 6) is 1.34. The molecule has 2 nitrogen and oxygen atoms in total. The quantitative estimate of drug-likeness (QED) is 0.855. The van der Waals surface area contributed by atoms with Gasteiger partial charge in [-0.25, -0.2) is 0 Å². The van der Waals surface area contributed by atoms with Gasteiger partial charge in [-0.15, -0.1) is 0 Å². The molecule has 0 fully saturated rings. The summed E-state index contributed by atoms with van der Waals surface area (Å²) < 4.78 is 5.40. The molecule has 0 amide bonds. The molecule has 1 rings (SSSR count). The van der Waals surface area contributed by atoms with Crippen molar-refractivity contribution in [1.29, 1.82) is 0 Å². The Kier molecular flexibility index (Phi) is 5.10. The van der Waals surface area contributed by atoms with E-state index in [1.54, 1.807) is 7.11 Å². The molecule has 0 unspecified atom stereocenters. The summed E-state index contributed by atoms with van der Waals surface area (Å²) in [7, 11) is 3.65. The van der Waals surface area contributed by atoms with E-state index in [9.17, 15) is 0 Å². The van der Waals surface area contributed by atoms with E-state index in [2.05, 4.69) is 19.2 Å². The molecule has 0 saturated carbocycles. The average molecular weight is 242 g/mol. The van der Waals surface area contributed by atoms with Crippen LogP contribution < -0.4 is 10.1 Å². The van der Waals surface area contributed by atoms with E-state index < -0.39 is 0 Å². The maximum Gasteiger partial charge on any atom is 0.124 e. The lowest BCUT2D eigenvalue weighted by Crippen LogP contribution is -2.12. The van der Waals surface area contributed by atoms with Crippen LogP contribution in [0.3, 0.4) is 0 Å². The fraction of sp³-hybridized carbons (Fsp3) is 0.538. The molecule has 1 aromatic carbocycles. The largest absolute Gasteiger partial charge is 0.496 e. The molecule has 90 valence electrons. The predicted octanol–water partition coefficient (Wildman–Crippen LogP) is 3.23. The fourth-order valence-electron chi connectivity index (χ4n) is 1.94. The van der Waals surface area contributed by atoms with Crippen LogP contribution >= 0.6 is 11.6 Å². The maximum absolute atomic E-state index is 6.08. The molecule has 1 N–H and O–H groups in total. The number of benzene rings is 1. The van der Waals surface area contributed by atoms with Gasteiger partial charge in [-0.1, -0.05) is 25.4 Å². The highest BCUT2D eigenvalue weighted by molar-refractivity contribution is 6.30. The minimum Gasteiger partial charge on any atom is -0.496 e. The average Bonchev–Trinajstić information content (AvgIpc) is 2.24. The Morgan fingerprint density at radius 3 is 2.56 bits per heavy atom. The monoisotopic (exact) mass is 241 g/mol. The van der Waals surface area contributed by atoms with Crippen LogP contribution in [0.4, 0.5) is 0 Å². The number of halogens is 1. The third kappa shape index (κ3) is 3.13. The minimum absolute atomic E-state index is 0.444. The van der Waals surface area contributed by atoms with Gasteiger partial charge in [0, 0.05) is 5.02 Å². The maximum atomic E-state index is 6.08. The van der Waals surface area contributed by atoms with Crippen LogP contribution in [-0.4, -0.2) is 20.7 Å². The lowest BCUT2D eigenvalue weighted by atomic mass is 9.94. The summed E-state index contributed by atoms with van der Waals surface area (Å²) in [6.45, 7) is 5.30. The Morgan fingerprint density at radius 2 is 2.06 bits per heavy atom. The number of likely N-dealkylation sites (N-methyl/N-ethyl adjacent to an activating group) is 1. The molecule has 3 heteroatoms. The second-order valence-electron chi connectivity index (χ2n) is 4.19. The molecule has 0 aromatic heterocycles. The summed E-state index contributed by atoms with van der Waals surface area (Å²) in [6.07, 6.45) is 0.973. The zero-order chi connectivity index (χ0) is 12.1. The molecule has 0 saturated heterocycles. The van der Waals surface area contributed by atoms with Gasteiger partial charge in [-0.2, -0.15) is 0 Å². The van der Waals surface area contributed by atoms with Crippen molar-refractivity contribution < 1.29 is 4.74 Å². The highest BCUT2D eigenvalue weighted by atomic mass is 35.5. The molecular weight excluding hydrogens is 222 g/mol. The first kappa shape index (κ1) is 13.3. The van der Waals surface area contributed by atoms with E-state index in [0.717, 1.165) is 23.7 Å². The normalized spacial score (nSPS) is 10.9. The third-order valence-corrected chi connectivity index (χ3v) is 2.85. The Morgan fingerprint density at radius 1 is 1.38 bits per heavy atom. The molecule has 0 aliphatic carbocycles. The first-order valence-corrected chi connectivity index (χ1v) is 5.98. The first-order valence-electron chi connectivity index (χ1n) is 5.61. The highest BCUT2D eigenvalue weighted by Gasteiger charge is 2.13. The van der Waals surface area contributed by atoms with Crippen LogP contribution in [-0.2, 0) is 6.42 Å². The molecule has 0 bridgehead atoms. The number of hydrogen-bond acceptors (Lipinski definition) is 2. The van der Waals surface area contributed by atoms with Crippen LogP contribution in [0.5, 0.6) is 5.75 Å². The number of rotatable bonds is 5. The number of hydrogen-bond donors (Lipinski definition) is 1. The van der Waals surface area contributed by atoms with E-state index >= 15 is 0 Å². The van der Waals surface area contributed by atoms with Gasteiger partial charge in [0.05, 0.1) is 7.11 Å². The Labute approximate surface area is 103 Å². The predicted molar refractivity (Wildman–Crippen MR) is 69.7 cm³/mol. The van der Waals surface area contributed by atoms with E-state index in [0.29, 0.717) is 5.92 Å². The SMILES string of the molecule is CNCCc1cc(Cl)cc(OC)c1C(C)C. The van der Waals surface area contributed by atoms with Crippen LogP contribution in [0.1, 0.15) is 30.9 Å². The summed E-state index contributed by atoms with van der Waals surface area (Å²) in [5.41, 5.74) is 2.54. The smallest absolute Gasteiger partial charge is 0.124 e. The van der Waals surface area contributed by atoms with E-state index in [1.807, 2.05) is 19.2 Å². The number of ether oxygens (including phenoxy) is 1. The van der Waals surface area contributed by atoms with Crippen LogP contribution in [0.25, 0.3) is 0 Å². The Balaban J connectivity index is 3.15. The van der Waals surface area contributed by atoms with Gasteiger partial charge in [0.25, 0.3) is 0 Å². The molecule has 0 heterocycles. The van der Waals surface area contributed by atoms with Crippen molar-refractivity contribution >= 4 is 11.6 Å². The van der Waals surface area contributed by atoms with Gasteiger partial charge in [0.2, 0.25) is 0 Å². The summed E-state index contributed by atoms with van der Waals surface area (Å²) in [6, 6.07) is 3.93. The second kappa shape index (κ2) is 6.12. The molecule has 16 heavy (non-hydrogen) atoms. The highest BCUT2D eigenvalue weighted by Crippen LogP contribution is 2.33. The van der Waals surface area contributed by atoms with Gasteiger partial charge in [0.15, 0.2) is 0 Å². The van der Waals surface area contributed by atoms with Crippen molar-refractivity contribution in [3.05, 3.63) is 28.3 Å². The van der Waals surface area contributed by atoms with Crippen LogP contribution in [0.2, 0.25) is 5.02 Å². The second-order valence-corrected chi connectivity index (χ2v) is 4.63. The van der Waals surface area contributed by atoms with Crippen molar-refractivity contribution in [3.63, 3.8) is 0 Å². The molecule has 0 radical (unpaired) electrons. The van der Waals surface area contributed by atoms with E-state index in [1.165, 1.54) is 11.1 Å². The van der Waals surface area contributed by atoms with Crippen LogP contribution in [0, 0.1) is 0 Å². The van der Waals surface area contributed by atoms with Gasteiger partial charge in [-0.3, -0.25) is 0 Å². The first-order chi connectivity index (χ1) is 7.60. The lowest BCUT2D eigenvalue weighted by molar-refractivity contribution is 0.406. The molecule has 0 aliphatic rings. The van der Waals surface area contributed by atoms with Gasteiger partial charge in [0.1, 0.15) is 5.75 Å². The number of nitrogens with one attached hydrogen (secondary N) is 1. The molecule has 1 aromatic rings. The molecular formula is C13H20ClNO. The standard InChI is InChI=1S/C13H20ClNO/c1-9(2)13-10(5-6-15-3)7-11(14)8-12(13)16-4/h7-9,15H,5-6H2,1-4H3. The van der Waals surface area contributed by atoms with Crippen molar-refractivity contribution in [3.8, 4) is 5.75 Å². The van der Waals surface area contributed by atoms with Gasteiger partial charge < -0.3 is 10.1 Å². The van der Waals surface area contributed by atoms with Crippen molar-refractivity contribution in [2.24, 2.45) is 0 Å². The van der Waals surface area contributed by atoms with Crippen molar-refractivity contribution in [2.75, 3.05) is 20.7 Å². The van der Waals surface area contributed by atoms with Crippen LogP contribution in [0.15, 0.2) is 12.1 Å². The molecule has 0 atom stereocenters. The fourth-order valence-corrected chi connectivity index (χ4v) is 2.17. The van der Waals surface area contributed by atoms with Gasteiger partial charge >= 0.3 is 0 Å². The van der Waals surface area contributed by atoms with Crippen molar-refractivity contribution in [1.82, 2.24) is 5.32 Å². The summed E-state index contributed by atoms with van der Waals surface area (Å²) in [5, 5.41) is 3.90. The third-order valence-electron chi connectivity index (χ3n) is 2.63. The molecule has 0 spiro atoms.